The van der Waals surface area contributed by atoms with E-state index in [0.717, 1.165) is 28.2 Å². The number of aryl methyl sites for hydroxylation is 2. The standard InChI is InChI=1S/C22H27NO3/c1-14-6-7-15(2)16(10-14)11-21(24)23-19-13-22(3,4)26-20-9-8-17(25-5)12-18(19)20/h6-10,12,19H,11,13H2,1-5H3,(H,23,24). The van der Waals surface area contributed by atoms with E-state index in [-0.39, 0.29) is 17.6 Å². The normalized spacial score (nSPS) is 17.8. The van der Waals surface area contributed by atoms with Crippen molar-refractivity contribution in [3.63, 3.8) is 0 Å². The Hall–Kier alpha value is -2.49. The van der Waals surface area contributed by atoms with Crippen LogP contribution >= 0.6 is 0 Å². The molecular weight excluding hydrogens is 326 g/mol. The maximum atomic E-state index is 12.7. The van der Waals surface area contributed by atoms with E-state index in [1.165, 1.54) is 5.56 Å². The molecule has 0 radical (unpaired) electrons. The van der Waals surface area contributed by atoms with Crippen LogP contribution in [0.4, 0.5) is 0 Å². The number of rotatable bonds is 4. The molecule has 0 bridgehead atoms. The van der Waals surface area contributed by atoms with Crippen LogP contribution in [0.2, 0.25) is 0 Å². The lowest BCUT2D eigenvalue weighted by atomic mass is 9.89. The number of nitrogens with one attached hydrogen (secondary N) is 1. The molecular formula is C22H27NO3. The zero-order valence-corrected chi connectivity index (χ0v) is 16.2. The van der Waals surface area contributed by atoms with Crippen LogP contribution in [-0.4, -0.2) is 18.6 Å². The molecule has 0 saturated heterocycles. The van der Waals surface area contributed by atoms with Crippen molar-refractivity contribution in [1.82, 2.24) is 5.32 Å². The van der Waals surface area contributed by atoms with Gasteiger partial charge >= 0.3 is 0 Å². The van der Waals surface area contributed by atoms with Crippen molar-refractivity contribution in [1.29, 1.82) is 0 Å². The molecule has 0 fully saturated rings. The lowest BCUT2D eigenvalue weighted by Crippen LogP contribution is -2.41. The summed E-state index contributed by atoms with van der Waals surface area (Å²) in [6, 6.07) is 11.9. The fourth-order valence-electron chi connectivity index (χ4n) is 3.50. The summed E-state index contributed by atoms with van der Waals surface area (Å²) in [5.74, 6) is 1.59. The molecule has 1 aliphatic rings. The van der Waals surface area contributed by atoms with Gasteiger partial charge in [-0.05, 0) is 57.0 Å². The number of hydrogen-bond donors (Lipinski definition) is 1. The summed E-state index contributed by atoms with van der Waals surface area (Å²) in [6.45, 7) is 8.18. The Labute approximate surface area is 155 Å². The quantitative estimate of drug-likeness (QED) is 0.893. The molecule has 0 aromatic heterocycles. The number of fused-ring (bicyclic) bond motifs is 1. The van der Waals surface area contributed by atoms with E-state index in [4.69, 9.17) is 9.47 Å². The predicted molar refractivity (Wildman–Crippen MR) is 103 cm³/mol. The van der Waals surface area contributed by atoms with Crippen LogP contribution in [0.3, 0.4) is 0 Å². The third kappa shape index (κ3) is 4.01. The average Bonchev–Trinajstić information content (AvgIpc) is 2.57. The SMILES string of the molecule is COc1ccc2c(c1)C(NC(=O)Cc1cc(C)ccc1C)CC(C)(C)O2. The number of hydrogen-bond acceptors (Lipinski definition) is 3. The Kier molecular flexibility index (Phi) is 4.94. The molecule has 1 heterocycles. The third-order valence-electron chi connectivity index (χ3n) is 4.87. The summed E-state index contributed by atoms with van der Waals surface area (Å²) in [4.78, 5) is 12.7. The monoisotopic (exact) mass is 353 g/mol. The van der Waals surface area contributed by atoms with Gasteiger partial charge in [-0.25, -0.2) is 0 Å². The lowest BCUT2D eigenvalue weighted by Gasteiger charge is -2.38. The molecule has 3 rings (SSSR count). The number of amides is 1. The van der Waals surface area contributed by atoms with Gasteiger partial charge in [0.15, 0.2) is 0 Å². The first-order chi connectivity index (χ1) is 12.3. The number of carbonyl (C=O) groups is 1. The molecule has 1 unspecified atom stereocenters. The van der Waals surface area contributed by atoms with Gasteiger partial charge in [-0.2, -0.15) is 0 Å². The van der Waals surface area contributed by atoms with Gasteiger partial charge in [-0.1, -0.05) is 23.8 Å². The highest BCUT2D eigenvalue weighted by molar-refractivity contribution is 5.79. The minimum absolute atomic E-state index is 0.0233. The number of carbonyl (C=O) groups excluding carboxylic acids is 1. The fraction of sp³-hybridized carbons (Fsp3) is 0.409. The Morgan fingerprint density at radius 1 is 1.23 bits per heavy atom. The number of benzene rings is 2. The second kappa shape index (κ2) is 7.02. The van der Waals surface area contributed by atoms with Gasteiger partial charge in [0, 0.05) is 12.0 Å². The lowest BCUT2D eigenvalue weighted by molar-refractivity contribution is -0.121. The largest absolute Gasteiger partial charge is 0.497 e. The van der Waals surface area contributed by atoms with Gasteiger partial charge in [-0.3, -0.25) is 4.79 Å². The summed E-state index contributed by atoms with van der Waals surface area (Å²) in [6.07, 6.45) is 1.09. The zero-order valence-electron chi connectivity index (χ0n) is 16.2. The molecule has 1 atom stereocenters. The summed E-state index contributed by atoms with van der Waals surface area (Å²) >= 11 is 0. The zero-order chi connectivity index (χ0) is 18.9. The van der Waals surface area contributed by atoms with Crippen molar-refractivity contribution < 1.29 is 14.3 Å². The fourth-order valence-corrected chi connectivity index (χ4v) is 3.50. The van der Waals surface area contributed by atoms with Crippen LogP contribution in [0.5, 0.6) is 11.5 Å². The number of ether oxygens (including phenoxy) is 2. The minimum atomic E-state index is -0.335. The van der Waals surface area contributed by atoms with Crippen LogP contribution in [-0.2, 0) is 11.2 Å². The molecule has 0 aliphatic carbocycles. The van der Waals surface area contributed by atoms with E-state index in [0.29, 0.717) is 12.8 Å². The Balaban J connectivity index is 1.82. The maximum absolute atomic E-state index is 12.7. The summed E-state index contributed by atoms with van der Waals surface area (Å²) in [5, 5.41) is 3.20. The topological polar surface area (TPSA) is 47.6 Å². The average molecular weight is 353 g/mol. The Bertz CT molecular complexity index is 826. The van der Waals surface area contributed by atoms with Gasteiger partial charge in [0.1, 0.15) is 17.1 Å². The van der Waals surface area contributed by atoms with Gasteiger partial charge in [0.25, 0.3) is 0 Å². The molecule has 1 aliphatic heterocycles. The van der Waals surface area contributed by atoms with Crippen molar-refractivity contribution in [2.45, 2.75) is 52.2 Å². The van der Waals surface area contributed by atoms with E-state index < -0.39 is 0 Å². The molecule has 0 spiro atoms. The Morgan fingerprint density at radius 2 is 2.00 bits per heavy atom. The van der Waals surface area contributed by atoms with E-state index in [9.17, 15) is 4.79 Å². The third-order valence-corrected chi connectivity index (χ3v) is 4.87. The van der Waals surface area contributed by atoms with E-state index >= 15 is 0 Å². The molecule has 26 heavy (non-hydrogen) atoms. The summed E-state index contributed by atoms with van der Waals surface area (Å²) < 4.78 is 11.4. The molecule has 1 amide bonds. The van der Waals surface area contributed by atoms with Crippen molar-refractivity contribution in [2.75, 3.05) is 7.11 Å². The molecule has 138 valence electrons. The second-order valence-electron chi connectivity index (χ2n) is 7.70. The molecule has 2 aromatic rings. The molecule has 4 heteroatoms. The van der Waals surface area contributed by atoms with Gasteiger partial charge < -0.3 is 14.8 Å². The van der Waals surface area contributed by atoms with Gasteiger partial charge in [0.05, 0.1) is 19.6 Å². The van der Waals surface area contributed by atoms with E-state index in [1.54, 1.807) is 7.11 Å². The van der Waals surface area contributed by atoms with Crippen LogP contribution in [0, 0.1) is 13.8 Å². The van der Waals surface area contributed by atoms with Crippen LogP contribution in [0.15, 0.2) is 36.4 Å². The first-order valence-electron chi connectivity index (χ1n) is 9.00. The van der Waals surface area contributed by atoms with Crippen molar-refractivity contribution in [3.05, 3.63) is 58.7 Å². The van der Waals surface area contributed by atoms with Crippen molar-refractivity contribution in [2.24, 2.45) is 0 Å². The first-order valence-corrected chi connectivity index (χ1v) is 9.00. The van der Waals surface area contributed by atoms with Crippen LogP contribution < -0.4 is 14.8 Å². The number of methoxy groups -OCH3 is 1. The predicted octanol–water partition coefficient (Wildman–Crippen LogP) is 4.27. The van der Waals surface area contributed by atoms with Crippen LogP contribution in [0.1, 0.15) is 48.6 Å². The van der Waals surface area contributed by atoms with Crippen molar-refractivity contribution >= 4 is 5.91 Å². The highest BCUT2D eigenvalue weighted by atomic mass is 16.5. The van der Waals surface area contributed by atoms with Crippen LogP contribution in [0.25, 0.3) is 0 Å². The Morgan fingerprint density at radius 3 is 2.73 bits per heavy atom. The van der Waals surface area contributed by atoms with E-state index in [2.05, 4.69) is 23.5 Å². The summed E-state index contributed by atoms with van der Waals surface area (Å²) in [7, 11) is 1.64. The smallest absolute Gasteiger partial charge is 0.224 e. The molecule has 1 N–H and O–H groups in total. The van der Waals surface area contributed by atoms with Crippen molar-refractivity contribution in [3.8, 4) is 11.5 Å². The highest BCUT2D eigenvalue weighted by Gasteiger charge is 2.34. The molecule has 0 saturated carbocycles. The second-order valence-corrected chi connectivity index (χ2v) is 7.70. The van der Waals surface area contributed by atoms with Gasteiger partial charge in [-0.15, -0.1) is 0 Å². The van der Waals surface area contributed by atoms with E-state index in [1.807, 2.05) is 45.9 Å². The molecule has 4 nitrogen and oxygen atoms in total. The highest BCUT2D eigenvalue weighted by Crippen LogP contribution is 2.41. The first kappa shape index (κ1) is 18.3. The summed E-state index contributed by atoms with van der Waals surface area (Å²) in [5.41, 5.74) is 4.01. The minimum Gasteiger partial charge on any atom is -0.497 e. The maximum Gasteiger partial charge on any atom is 0.224 e. The van der Waals surface area contributed by atoms with Gasteiger partial charge in [0.2, 0.25) is 5.91 Å². The molecule has 2 aromatic carbocycles.